The van der Waals surface area contributed by atoms with Crippen LogP contribution < -0.4 is 10.1 Å². The minimum Gasteiger partial charge on any atom is -0.495 e. The van der Waals surface area contributed by atoms with Gasteiger partial charge >= 0.3 is 0 Å². The molecule has 2 aliphatic rings. The first-order chi connectivity index (χ1) is 17.6. The summed E-state index contributed by atoms with van der Waals surface area (Å²) in [6.45, 7) is 3.44. The number of benzene rings is 2. The number of carbonyl (C=O) groups is 1. The van der Waals surface area contributed by atoms with Crippen LogP contribution in [0.1, 0.15) is 43.2 Å². The maximum absolute atomic E-state index is 13.1. The molecule has 0 bridgehead atoms. The van der Waals surface area contributed by atoms with Crippen molar-refractivity contribution in [3.05, 3.63) is 53.6 Å². The van der Waals surface area contributed by atoms with Crippen LogP contribution in [0.4, 0.5) is 5.69 Å². The summed E-state index contributed by atoms with van der Waals surface area (Å²) in [5.41, 5.74) is 2.09. The topological polar surface area (TPSA) is 113 Å². The summed E-state index contributed by atoms with van der Waals surface area (Å²) in [6, 6.07) is 11.9. The van der Waals surface area contributed by atoms with E-state index < -0.39 is 26.0 Å². The number of hydrogen-bond acceptors (Lipinski definition) is 6. The van der Waals surface area contributed by atoms with Crippen LogP contribution >= 0.6 is 0 Å². The smallest absolute Gasteiger partial charge is 0.243 e. The van der Waals surface area contributed by atoms with Crippen LogP contribution in [-0.4, -0.2) is 64.6 Å². The van der Waals surface area contributed by atoms with Crippen molar-refractivity contribution < 1.29 is 26.4 Å². The van der Waals surface area contributed by atoms with Gasteiger partial charge in [-0.05, 0) is 56.4 Å². The van der Waals surface area contributed by atoms with Crippen LogP contribution in [0.3, 0.4) is 0 Å². The zero-order valence-electron chi connectivity index (χ0n) is 21.4. The quantitative estimate of drug-likeness (QED) is 0.540. The van der Waals surface area contributed by atoms with Crippen molar-refractivity contribution in [1.29, 1.82) is 0 Å². The Morgan fingerprint density at radius 3 is 2.19 bits per heavy atom. The highest BCUT2D eigenvalue weighted by molar-refractivity contribution is 7.89. The van der Waals surface area contributed by atoms with Gasteiger partial charge in [0.25, 0.3) is 0 Å². The van der Waals surface area contributed by atoms with E-state index in [0.29, 0.717) is 37.4 Å². The standard InChI is InChI=1S/C26H35N3O6S2/c1-20-6-8-21(9-7-20)19-36(31,32)28-16-12-22(13-17-28)26(30)27-24-18-23(10-11-25(24)35-2)37(33,34)29-14-4-3-5-15-29/h6-11,18,22H,3-5,12-17,19H2,1-2H3,(H,27,30). The number of carbonyl (C=O) groups excluding carboxylic acids is 1. The fourth-order valence-corrected chi connectivity index (χ4v) is 7.92. The Hall–Kier alpha value is -2.47. The minimum absolute atomic E-state index is 0.0698. The fraction of sp³-hybridized carbons (Fsp3) is 0.500. The molecule has 0 spiro atoms. The molecule has 9 nitrogen and oxygen atoms in total. The maximum atomic E-state index is 13.1. The van der Waals surface area contributed by atoms with E-state index in [4.69, 9.17) is 4.74 Å². The maximum Gasteiger partial charge on any atom is 0.243 e. The normalized spacial score (nSPS) is 18.4. The first kappa shape index (κ1) is 27.6. The number of nitrogens with one attached hydrogen (secondary N) is 1. The molecule has 202 valence electrons. The SMILES string of the molecule is COc1ccc(S(=O)(=O)N2CCCCC2)cc1NC(=O)C1CCN(S(=O)(=O)Cc2ccc(C)cc2)CC1. The molecule has 4 rings (SSSR count). The Kier molecular flexibility index (Phi) is 8.57. The number of amides is 1. The number of piperidine rings is 2. The minimum atomic E-state index is -3.67. The van der Waals surface area contributed by atoms with Crippen LogP contribution in [0.2, 0.25) is 0 Å². The summed E-state index contributed by atoms with van der Waals surface area (Å²) in [7, 11) is -5.70. The number of methoxy groups -OCH3 is 1. The van der Waals surface area contributed by atoms with E-state index in [1.165, 1.54) is 27.9 Å². The van der Waals surface area contributed by atoms with Crippen molar-refractivity contribution in [1.82, 2.24) is 8.61 Å². The van der Waals surface area contributed by atoms with E-state index in [2.05, 4.69) is 5.32 Å². The molecule has 0 radical (unpaired) electrons. The van der Waals surface area contributed by atoms with Crippen LogP contribution in [-0.2, 0) is 30.6 Å². The molecule has 0 aliphatic carbocycles. The predicted molar refractivity (Wildman–Crippen MR) is 142 cm³/mol. The lowest BCUT2D eigenvalue weighted by Crippen LogP contribution is -2.41. The van der Waals surface area contributed by atoms with Crippen LogP contribution in [0.15, 0.2) is 47.4 Å². The summed E-state index contributed by atoms with van der Waals surface area (Å²) in [4.78, 5) is 13.2. The lowest BCUT2D eigenvalue weighted by Gasteiger charge is -2.30. The zero-order chi connectivity index (χ0) is 26.6. The lowest BCUT2D eigenvalue weighted by molar-refractivity contribution is -0.120. The van der Waals surface area contributed by atoms with Crippen LogP contribution in [0, 0.1) is 12.8 Å². The van der Waals surface area contributed by atoms with E-state index >= 15 is 0 Å². The molecule has 0 aromatic heterocycles. The van der Waals surface area contributed by atoms with Gasteiger partial charge in [-0.1, -0.05) is 36.2 Å². The number of ether oxygens (including phenoxy) is 1. The average Bonchev–Trinajstić information content (AvgIpc) is 2.90. The van der Waals surface area contributed by atoms with Gasteiger partial charge in [0.1, 0.15) is 5.75 Å². The first-order valence-corrected chi connectivity index (χ1v) is 15.7. The van der Waals surface area contributed by atoms with Gasteiger partial charge in [-0.15, -0.1) is 0 Å². The molecule has 2 heterocycles. The van der Waals surface area contributed by atoms with Crippen LogP contribution in [0.25, 0.3) is 0 Å². The number of hydrogen-bond donors (Lipinski definition) is 1. The second-order valence-electron chi connectivity index (χ2n) is 9.73. The number of aryl methyl sites for hydroxylation is 1. The predicted octanol–water partition coefficient (Wildman–Crippen LogP) is 3.36. The van der Waals surface area contributed by atoms with E-state index in [1.807, 2.05) is 31.2 Å². The third-order valence-corrected chi connectivity index (χ3v) is 10.8. The van der Waals surface area contributed by atoms with Crippen molar-refractivity contribution in [3.8, 4) is 5.75 Å². The first-order valence-electron chi connectivity index (χ1n) is 12.6. The van der Waals surface area contributed by atoms with Gasteiger partial charge in [0.05, 0.1) is 23.4 Å². The fourth-order valence-electron chi connectivity index (χ4n) is 4.82. The van der Waals surface area contributed by atoms with Crippen molar-refractivity contribution in [2.45, 2.75) is 49.7 Å². The Labute approximate surface area is 219 Å². The van der Waals surface area contributed by atoms with Gasteiger partial charge in [-0.2, -0.15) is 4.31 Å². The molecule has 2 saturated heterocycles. The number of sulfonamides is 2. The average molecular weight is 550 g/mol. The summed E-state index contributed by atoms with van der Waals surface area (Å²) in [5, 5.41) is 2.83. The van der Waals surface area contributed by atoms with E-state index in [9.17, 15) is 21.6 Å². The highest BCUT2D eigenvalue weighted by atomic mass is 32.2. The third kappa shape index (κ3) is 6.51. The molecule has 1 N–H and O–H groups in total. The number of anilines is 1. The van der Waals surface area contributed by atoms with Crippen molar-refractivity contribution in [2.24, 2.45) is 5.92 Å². The van der Waals surface area contributed by atoms with E-state index in [1.54, 1.807) is 6.07 Å². The highest BCUT2D eigenvalue weighted by Crippen LogP contribution is 2.31. The largest absolute Gasteiger partial charge is 0.495 e. The van der Waals surface area contributed by atoms with Crippen molar-refractivity contribution >= 4 is 31.6 Å². The van der Waals surface area contributed by atoms with E-state index in [-0.39, 0.29) is 29.6 Å². The van der Waals surface area contributed by atoms with Crippen LogP contribution in [0.5, 0.6) is 5.75 Å². The Morgan fingerprint density at radius 2 is 1.57 bits per heavy atom. The molecule has 2 fully saturated rings. The molecule has 0 unspecified atom stereocenters. The molecule has 2 aromatic carbocycles. The molecule has 0 saturated carbocycles. The third-order valence-electron chi connectivity index (χ3n) is 7.07. The molecule has 0 atom stereocenters. The summed E-state index contributed by atoms with van der Waals surface area (Å²) < 4.78 is 60.3. The van der Waals surface area contributed by atoms with Gasteiger partial charge in [-0.25, -0.2) is 21.1 Å². The monoisotopic (exact) mass is 549 g/mol. The van der Waals surface area contributed by atoms with Gasteiger partial charge in [0.2, 0.25) is 26.0 Å². The molecule has 1 amide bonds. The second-order valence-corrected chi connectivity index (χ2v) is 13.6. The molecule has 37 heavy (non-hydrogen) atoms. The van der Waals surface area contributed by atoms with Gasteiger partial charge in [-0.3, -0.25) is 4.79 Å². The second kappa shape index (κ2) is 11.5. The molecular formula is C26H35N3O6S2. The van der Waals surface area contributed by atoms with E-state index in [0.717, 1.165) is 30.4 Å². The summed E-state index contributed by atoms with van der Waals surface area (Å²) in [5.74, 6) is -0.372. The lowest BCUT2D eigenvalue weighted by atomic mass is 9.97. The number of rotatable bonds is 8. The zero-order valence-corrected chi connectivity index (χ0v) is 23.0. The van der Waals surface area contributed by atoms with Gasteiger partial charge in [0.15, 0.2) is 0 Å². The Balaban J connectivity index is 1.40. The molecule has 2 aromatic rings. The summed E-state index contributed by atoms with van der Waals surface area (Å²) in [6.07, 6.45) is 3.44. The number of nitrogens with zero attached hydrogens (tertiary/aromatic N) is 2. The van der Waals surface area contributed by atoms with Crippen molar-refractivity contribution in [2.75, 3.05) is 38.6 Å². The van der Waals surface area contributed by atoms with Gasteiger partial charge < -0.3 is 10.1 Å². The molecule has 2 aliphatic heterocycles. The Bertz CT molecular complexity index is 1310. The molecule has 11 heteroatoms. The Morgan fingerprint density at radius 1 is 0.919 bits per heavy atom. The summed E-state index contributed by atoms with van der Waals surface area (Å²) >= 11 is 0. The molecular weight excluding hydrogens is 514 g/mol. The highest BCUT2D eigenvalue weighted by Gasteiger charge is 2.32. The van der Waals surface area contributed by atoms with Gasteiger partial charge in [0, 0.05) is 32.1 Å². The van der Waals surface area contributed by atoms with Crippen molar-refractivity contribution in [3.63, 3.8) is 0 Å².